The van der Waals surface area contributed by atoms with E-state index in [9.17, 15) is 0 Å². The normalized spacial score (nSPS) is 22.7. The van der Waals surface area contributed by atoms with Gasteiger partial charge in [0.2, 0.25) is 0 Å². The van der Waals surface area contributed by atoms with Crippen LogP contribution in [0.5, 0.6) is 0 Å². The standard InChI is InChI=1S/C13H18ClN3/c1-13(6-2-3-7-13)17-11-8-10(14)15-12(16-11)9-4-5-9/h8-9H,2-7H2,1H3,(H,15,16,17). The molecule has 1 N–H and O–H groups in total. The molecule has 92 valence electrons. The van der Waals surface area contributed by atoms with Crippen molar-refractivity contribution in [3.05, 3.63) is 17.0 Å². The minimum absolute atomic E-state index is 0.193. The summed E-state index contributed by atoms with van der Waals surface area (Å²) in [5, 5.41) is 4.11. The average Bonchev–Trinajstić information content (AvgIpc) is 3.02. The Kier molecular flexibility index (Phi) is 2.74. The van der Waals surface area contributed by atoms with Gasteiger partial charge in [0.1, 0.15) is 16.8 Å². The average molecular weight is 252 g/mol. The van der Waals surface area contributed by atoms with Crippen LogP contribution in [0.3, 0.4) is 0 Å². The molecule has 0 spiro atoms. The molecule has 0 saturated heterocycles. The smallest absolute Gasteiger partial charge is 0.135 e. The minimum atomic E-state index is 0.193. The molecule has 0 aliphatic heterocycles. The van der Waals surface area contributed by atoms with Gasteiger partial charge in [0.25, 0.3) is 0 Å². The van der Waals surface area contributed by atoms with E-state index in [4.69, 9.17) is 11.6 Å². The molecule has 0 atom stereocenters. The van der Waals surface area contributed by atoms with Crippen molar-refractivity contribution in [2.45, 2.75) is 56.9 Å². The Labute approximate surface area is 107 Å². The molecule has 1 aromatic heterocycles. The lowest BCUT2D eigenvalue weighted by Gasteiger charge is -2.26. The van der Waals surface area contributed by atoms with Gasteiger partial charge in [-0.3, -0.25) is 0 Å². The SMILES string of the molecule is CC1(Nc2cc(Cl)nc(C3CC3)n2)CCCC1. The predicted octanol–water partition coefficient (Wildman–Crippen LogP) is 3.75. The molecule has 0 bridgehead atoms. The van der Waals surface area contributed by atoms with Gasteiger partial charge in [0.15, 0.2) is 0 Å². The second-order valence-electron chi connectivity index (χ2n) is 5.60. The summed E-state index contributed by atoms with van der Waals surface area (Å²) in [6.07, 6.45) is 7.45. The van der Waals surface area contributed by atoms with Crippen molar-refractivity contribution in [2.75, 3.05) is 5.32 Å². The van der Waals surface area contributed by atoms with Gasteiger partial charge in [-0.15, -0.1) is 0 Å². The van der Waals surface area contributed by atoms with E-state index in [0.717, 1.165) is 11.6 Å². The first-order valence-corrected chi connectivity index (χ1v) is 6.85. The molecule has 2 saturated carbocycles. The molecule has 4 heteroatoms. The van der Waals surface area contributed by atoms with Gasteiger partial charge < -0.3 is 5.32 Å². The van der Waals surface area contributed by atoms with Crippen molar-refractivity contribution >= 4 is 17.4 Å². The number of aromatic nitrogens is 2. The molecule has 0 unspecified atom stereocenters. The number of nitrogens with zero attached hydrogens (tertiary/aromatic N) is 2. The van der Waals surface area contributed by atoms with Gasteiger partial charge in [-0.25, -0.2) is 9.97 Å². The topological polar surface area (TPSA) is 37.8 Å². The number of hydrogen-bond acceptors (Lipinski definition) is 3. The Morgan fingerprint density at radius 3 is 2.65 bits per heavy atom. The Morgan fingerprint density at radius 2 is 2.00 bits per heavy atom. The molecule has 2 aliphatic carbocycles. The first-order valence-electron chi connectivity index (χ1n) is 6.47. The fourth-order valence-electron chi connectivity index (χ4n) is 2.61. The molecule has 17 heavy (non-hydrogen) atoms. The zero-order valence-electron chi connectivity index (χ0n) is 10.2. The summed E-state index contributed by atoms with van der Waals surface area (Å²) >= 11 is 6.06. The van der Waals surface area contributed by atoms with E-state index in [2.05, 4.69) is 22.2 Å². The molecule has 0 radical (unpaired) electrons. The van der Waals surface area contributed by atoms with E-state index in [-0.39, 0.29) is 5.54 Å². The third kappa shape index (κ3) is 2.54. The van der Waals surface area contributed by atoms with Crippen LogP contribution in [0.4, 0.5) is 5.82 Å². The maximum Gasteiger partial charge on any atom is 0.135 e. The molecule has 1 heterocycles. The van der Waals surface area contributed by atoms with Crippen LogP contribution in [0.2, 0.25) is 5.15 Å². The third-order valence-electron chi connectivity index (χ3n) is 3.79. The predicted molar refractivity (Wildman–Crippen MR) is 69.5 cm³/mol. The van der Waals surface area contributed by atoms with Crippen molar-refractivity contribution in [3.63, 3.8) is 0 Å². The van der Waals surface area contributed by atoms with Crippen molar-refractivity contribution in [1.82, 2.24) is 9.97 Å². The zero-order chi connectivity index (χ0) is 11.9. The summed E-state index contributed by atoms with van der Waals surface area (Å²) in [6, 6.07) is 1.84. The Balaban J connectivity index is 1.81. The van der Waals surface area contributed by atoms with Gasteiger partial charge in [-0.05, 0) is 32.6 Å². The second kappa shape index (κ2) is 4.13. The fraction of sp³-hybridized carbons (Fsp3) is 0.692. The maximum atomic E-state index is 6.06. The molecule has 0 amide bonds. The molecule has 2 aliphatic rings. The van der Waals surface area contributed by atoms with Crippen LogP contribution in [0.25, 0.3) is 0 Å². The number of anilines is 1. The molecular weight excluding hydrogens is 234 g/mol. The van der Waals surface area contributed by atoms with Crippen LogP contribution in [-0.4, -0.2) is 15.5 Å². The van der Waals surface area contributed by atoms with Crippen LogP contribution in [0, 0.1) is 0 Å². The van der Waals surface area contributed by atoms with Crippen LogP contribution in [0.1, 0.15) is 57.2 Å². The maximum absolute atomic E-state index is 6.06. The Hall–Kier alpha value is -0.830. The highest BCUT2D eigenvalue weighted by molar-refractivity contribution is 6.29. The zero-order valence-corrected chi connectivity index (χ0v) is 10.9. The van der Waals surface area contributed by atoms with E-state index in [1.807, 2.05) is 6.07 Å². The Bertz CT molecular complexity index is 423. The van der Waals surface area contributed by atoms with Crippen molar-refractivity contribution in [2.24, 2.45) is 0 Å². The molecule has 3 rings (SSSR count). The molecule has 1 aromatic rings. The number of hydrogen-bond donors (Lipinski definition) is 1. The number of rotatable bonds is 3. The fourth-order valence-corrected chi connectivity index (χ4v) is 2.80. The van der Waals surface area contributed by atoms with Crippen LogP contribution >= 0.6 is 11.6 Å². The molecular formula is C13H18ClN3. The highest BCUT2D eigenvalue weighted by atomic mass is 35.5. The second-order valence-corrected chi connectivity index (χ2v) is 5.99. The van der Waals surface area contributed by atoms with Crippen LogP contribution < -0.4 is 5.32 Å². The summed E-state index contributed by atoms with van der Waals surface area (Å²) < 4.78 is 0. The van der Waals surface area contributed by atoms with E-state index in [1.54, 1.807) is 0 Å². The van der Waals surface area contributed by atoms with Gasteiger partial charge in [-0.2, -0.15) is 0 Å². The summed E-state index contributed by atoms with van der Waals surface area (Å²) in [7, 11) is 0. The lowest BCUT2D eigenvalue weighted by Crippen LogP contribution is -2.31. The number of halogens is 1. The minimum Gasteiger partial charge on any atom is -0.365 e. The summed E-state index contributed by atoms with van der Waals surface area (Å²) in [4.78, 5) is 8.91. The molecule has 3 nitrogen and oxygen atoms in total. The lowest BCUT2D eigenvalue weighted by molar-refractivity contribution is 0.530. The van der Waals surface area contributed by atoms with E-state index in [1.165, 1.54) is 38.5 Å². The monoisotopic (exact) mass is 251 g/mol. The summed E-state index contributed by atoms with van der Waals surface area (Å²) in [5.74, 6) is 2.36. The highest BCUT2D eigenvalue weighted by Crippen LogP contribution is 2.39. The van der Waals surface area contributed by atoms with Crippen molar-refractivity contribution in [3.8, 4) is 0 Å². The van der Waals surface area contributed by atoms with E-state index < -0.39 is 0 Å². The van der Waals surface area contributed by atoms with Crippen molar-refractivity contribution in [1.29, 1.82) is 0 Å². The summed E-state index contributed by atoms with van der Waals surface area (Å²) in [6.45, 7) is 2.27. The van der Waals surface area contributed by atoms with Crippen LogP contribution in [0.15, 0.2) is 6.07 Å². The number of nitrogens with one attached hydrogen (secondary N) is 1. The lowest BCUT2D eigenvalue weighted by atomic mass is 10.0. The summed E-state index contributed by atoms with van der Waals surface area (Å²) in [5.41, 5.74) is 0.193. The third-order valence-corrected chi connectivity index (χ3v) is 3.99. The first kappa shape index (κ1) is 11.3. The van der Waals surface area contributed by atoms with Gasteiger partial charge in [-0.1, -0.05) is 24.4 Å². The largest absolute Gasteiger partial charge is 0.365 e. The molecule has 0 aromatic carbocycles. The van der Waals surface area contributed by atoms with Crippen molar-refractivity contribution < 1.29 is 0 Å². The quantitative estimate of drug-likeness (QED) is 0.832. The van der Waals surface area contributed by atoms with Gasteiger partial charge in [0.05, 0.1) is 0 Å². The van der Waals surface area contributed by atoms with Gasteiger partial charge in [0, 0.05) is 17.5 Å². The van der Waals surface area contributed by atoms with E-state index in [0.29, 0.717) is 11.1 Å². The van der Waals surface area contributed by atoms with Crippen LogP contribution in [-0.2, 0) is 0 Å². The van der Waals surface area contributed by atoms with E-state index >= 15 is 0 Å². The Morgan fingerprint density at radius 1 is 1.29 bits per heavy atom. The first-order chi connectivity index (χ1) is 8.15. The molecule has 2 fully saturated rings. The van der Waals surface area contributed by atoms with Gasteiger partial charge >= 0.3 is 0 Å². The highest BCUT2D eigenvalue weighted by Gasteiger charge is 2.30.